The van der Waals surface area contributed by atoms with Crippen molar-refractivity contribution in [3.05, 3.63) is 53.1 Å². The SMILES string of the molecule is Cl.N#Cc1cc(-c2cncc(Cl)c2)c2nnn(C/C(F)=C/CN)c2c1. The Kier molecular flexibility index (Phi) is 6.04. The molecule has 0 bridgehead atoms. The number of aromatic nitrogens is 4. The summed E-state index contributed by atoms with van der Waals surface area (Å²) in [7, 11) is 0. The Morgan fingerprint density at radius 2 is 2.16 bits per heavy atom. The van der Waals surface area contributed by atoms with E-state index in [0.717, 1.165) is 0 Å². The van der Waals surface area contributed by atoms with Gasteiger partial charge in [0.2, 0.25) is 0 Å². The Balaban J connectivity index is 0.00000225. The summed E-state index contributed by atoms with van der Waals surface area (Å²) in [5, 5.41) is 17.8. The molecular weight excluding hydrogens is 366 g/mol. The molecule has 0 aliphatic heterocycles. The van der Waals surface area contributed by atoms with E-state index in [2.05, 4.69) is 21.4 Å². The van der Waals surface area contributed by atoms with Gasteiger partial charge in [-0.2, -0.15) is 5.26 Å². The molecule has 0 radical (unpaired) electrons. The number of halogens is 3. The van der Waals surface area contributed by atoms with Crippen molar-refractivity contribution in [3.63, 3.8) is 0 Å². The van der Waals surface area contributed by atoms with Gasteiger partial charge in [-0.3, -0.25) is 4.98 Å². The molecule has 25 heavy (non-hydrogen) atoms. The molecule has 1 aromatic carbocycles. The maximum Gasteiger partial charge on any atom is 0.121 e. The fraction of sp³-hybridized carbons (Fsp3) is 0.125. The van der Waals surface area contributed by atoms with Crippen LogP contribution in [0.2, 0.25) is 5.02 Å². The van der Waals surface area contributed by atoms with Gasteiger partial charge in [0.1, 0.15) is 11.3 Å². The molecule has 9 heteroatoms. The minimum absolute atomic E-state index is 0. The first-order valence-corrected chi connectivity index (χ1v) is 7.43. The highest BCUT2D eigenvalue weighted by molar-refractivity contribution is 6.30. The van der Waals surface area contributed by atoms with Crippen molar-refractivity contribution in [1.29, 1.82) is 5.26 Å². The van der Waals surface area contributed by atoms with Gasteiger partial charge in [-0.05, 0) is 24.3 Å². The number of nitriles is 1. The molecule has 2 aromatic heterocycles. The van der Waals surface area contributed by atoms with Crippen LogP contribution in [0.5, 0.6) is 0 Å². The molecule has 2 N–H and O–H groups in total. The van der Waals surface area contributed by atoms with Crippen molar-refractivity contribution >= 4 is 35.0 Å². The average molecular weight is 379 g/mol. The molecule has 0 spiro atoms. The fourth-order valence-corrected chi connectivity index (χ4v) is 2.54. The lowest BCUT2D eigenvalue weighted by Gasteiger charge is -2.05. The molecule has 0 fully saturated rings. The van der Waals surface area contributed by atoms with Crippen LogP contribution in [0.4, 0.5) is 4.39 Å². The van der Waals surface area contributed by atoms with E-state index in [9.17, 15) is 9.65 Å². The van der Waals surface area contributed by atoms with Crippen molar-refractivity contribution in [2.75, 3.05) is 6.54 Å². The van der Waals surface area contributed by atoms with Crippen LogP contribution >= 0.6 is 24.0 Å². The number of hydrogen-bond acceptors (Lipinski definition) is 5. The molecule has 3 aromatic rings. The Labute approximate surface area is 154 Å². The summed E-state index contributed by atoms with van der Waals surface area (Å²) < 4.78 is 15.1. The fourth-order valence-electron chi connectivity index (χ4n) is 2.36. The van der Waals surface area contributed by atoms with Gasteiger partial charge in [0, 0.05) is 30.1 Å². The number of fused-ring (bicyclic) bond motifs is 1. The summed E-state index contributed by atoms with van der Waals surface area (Å²) in [6.07, 6.45) is 4.40. The summed E-state index contributed by atoms with van der Waals surface area (Å²) >= 11 is 5.99. The van der Waals surface area contributed by atoms with Gasteiger partial charge >= 0.3 is 0 Å². The average Bonchev–Trinajstić information content (AvgIpc) is 2.97. The molecule has 0 aliphatic carbocycles. The second-order valence-electron chi connectivity index (χ2n) is 5.03. The molecule has 0 atom stereocenters. The van der Waals surface area contributed by atoms with E-state index < -0.39 is 5.83 Å². The van der Waals surface area contributed by atoms with E-state index in [1.54, 1.807) is 24.4 Å². The van der Waals surface area contributed by atoms with E-state index in [4.69, 9.17) is 17.3 Å². The van der Waals surface area contributed by atoms with Crippen molar-refractivity contribution in [3.8, 4) is 17.2 Å². The second kappa shape index (κ2) is 8.03. The van der Waals surface area contributed by atoms with Crippen LogP contribution in [0.1, 0.15) is 5.56 Å². The van der Waals surface area contributed by atoms with E-state index >= 15 is 0 Å². The molecule has 0 saturated carbocycles. The highest BCUT2D eigenvalue weighted by Crippen LogP contribution is 2.30. The first-order valence-electron chi connectivity index (χ1n) is 7.05. The Hall–Kier alpha value is -2.53. The minimum atomic E-state index is -0.419. The molecule has 2 heterocycles. The standard InChI is InChI=1S/C16H12ClFN6.ClH/c17-12-5-11(7-21-8-12)14-3-10(6-20)4-15-16(14)22-23-24(15)9-13(18)1-2-19;/h1,3-5,7-8H,2,9,19H2;1H/b13-1-;. The van der Waals surface area contributed by atoms with Gasteiger partial charge in [0.25, 0.3) is 0 Å². The van der Waals surface area contributed by atoms with E-state index in [0.29, 0.717) is 32.7 Å². The third-order valence-corrected chi connectivity index (χ3v) is 3.61. The van der Waals surface area contributed by atoms with Gasteiger partial charge in [0.15, 0.2) is 0 Å². The van der Waals surface area contributed by atoms with E-state index in [1.165, 1.54) is 17.0 Å². The number of hydrogen-bond donors (Lipinski definition) is 1. The van der Waals surface area contributed by atoms with Crippen molar-refractivity contribution < 1.29 is 4.39 Å². The molecule has 6 nitrogen and oxygen atoms in total. The lowest BCUT2D eigenvalue weighted by atomic mass is 10.0. The van der Waals surface area contributed by atoms with Crippen molar-refractivity contribution in [1.82, 2.24) is 20.0 Å². The van der Waals surface area contributed by atoms with Crippen LogP contribution < -0.4 is 5.73 Å². The molecule has 3 rings (SSSR count). The maximum absolute atomic E-state index is 13.8. The molecule has 0 unspecified atom stereocenters. The molecular formula is C16H13Cl2FN6. The van der Waals surface area contributed by atoms with Gasteiger partial charge in [0.05, 0.1) is 28.7 Å². The third kappa shape index (κ3) is 3.94. The highest BCUT2D eigenvalue weighted by Gasteiger charge is 2.14. The highest BCUT2D eigenvalue weighted by atomic mass is 35.5. The third-order valence-electron chi connectivity index (χ3n) is 3.41. The second-order valence-corrected chi connectivity index (χ2v) is 5.47. The van der Waals surface area contributed by atoms with Crippen LogP contribution in [-0.4, -0.2) is 26.5 Å². The molecule has 0 amide bonds. The normalized spacial score (nSPS) is 11.2. The number of rotatable bonds is 4. The van der Waals surface area contributed by atoms with Crippen molar-refractivity contribution in [2.24, 2.45) is 5.73 Å². The lowest BCUT2D eigenvalue weighted by Crippen LogP contribution is -2.03. The van der Waals surface area contributed by atoms with Gasteiger partial charge in [-0.15, -0.1) is 17.5 Å². The minimum Gasteiger partial charge on any atom is -0.327 e. The van der Waals surface area contributed by atoms with Crippen molar-refractivity contribution in [2.45, 2.75) is 6.54 Å². The Morgan fingerprint density at radius 1 is 1.36 bits per heavy atom. The smallest absolute Gasteiger partial charge is 0.121 e. The Morgan fingerprint density at radius 3 is 2.84 bits per heavy atom. The summed E-state index contributed by atoms with van der Waals surface area (Å²) in [6, 6.07) is 7.11. The molecule has 128 valence electrons. The van der Waals surface area contributed by atoms with Gasteiger partial charge < -0.3 is 5.73 Å². The largest absolute Gasteiger partial charge is 0.327 e. The topological polar surface area (TPSA) is 93.4 Å². The Bertz CT molecular complexity index is 976. The molecule has 0 aliphatic rings. The zero-order valence-corrected chi connectivity index (χ0v) is 14.4. The summed E-state index contributed by atoms with van der Waals surface area (Å²) in [5.74, 6) is -0.419. The van der Waals surface area contributed by atoms with E-state index in [-0.39, 0.29) is 25.5 Å². The quantitative estimate of drug-likeness (QED) is 0.751. The zero-order chi connectivity index (χ0) is 17.1. The van der Waals surface area contributed by atoms with Gasteiger partial charge in [-0.25, -0.2) is 9.07 Å². The first-order chi connectivity index (χ1) is 11.6. The predicted molar refractivity (Wildman–Crippen MR) is 96.0 cm³/mol. The number of benzene rings is 1. The number of pyridine rings is 1. The van der Waals surface area contributed by atoms with Crippen LogP contribution in [-0.2, 0) is 6.54 Å². The molecule has 0 saturated heterocycles. The van der Waals surface area contributed by atoms with Crippen LogP contribution in [0.25, 0.3) is 22.2 Å². The first kappa shape index (κ1) is 18.8. The number of nitrogens with zero attached hydrogens (tertiary/aromatic N) is 5. The van der Waals surface area contributed by atoms with Crippen LogP contribution in [0.15, 0.2) is 42.5 Å². The predicted octanol–water partition coefficient (Wildman–Crippen LogP) is 3.25. The maximum atomic E-state index is 13.8. The van der Waals surface area contributed by atoms with Crippen LogP contribution in [0.3, 0.4) is 0 Å². The number of allylic oxidation sites excluding steroid dienone is 1. The van der Waals surface area contributed by atoms with E-state index in [1.807, 2.05) is 0 Å². The summed E-state index contributed by atoms with van der Waals surface area (Å²) in [5.41, 5.74) is 8.16. The zero-order valence-electron chi connectivity index (χ0n) is 12.9. The monoisotopic (exact) mass is 378 g/mol. The summed E-state index contributed by atoms with van der Waals surface area (Å²) in [4.78, 5) is 4.05. The number of nitrogens with two attached hydrogens (primary N) is 1. The lowest BCUT2D eigenvalue weighted by molar-refractivity contribution is 0.524. The van der Waals surface area contributed by atoms with Gasteiger partial charge in [-0.1, -0.05) is 16.8 Å². The summed E-state index contributed by atoms with van der Waals surface area (Å²) in [6.45, 7) is -0.00282. The van der Waals surface area contributed by atoms with Crippen LogP contribution in [0, 0.1) is 11.3 Å².